The van der Waals surface area contributed by atoms with E-state index in [2.05, 4.69) is 11.7 Å². The largest absolute Gasteiger partial charge is 2.00 e. The Morgan fingerprint density at radius 1 is 1.38 bits per heavy atom. The molecule has 0 saturated carbocycles. The van der Waals surface area contributed by atoms with Gasteiger partial charge in [-0.3, -0.25) is 4.79 Å². The molecule has 0 fully saturated rings. The van der Waals surface area contributed by atoms with Crippen LogP contribution < -0.4 is 0 Å². The summed E-state index contributed by atoms with van der Waals surface area (Å²) in [4.78, 5) is 21.0. The normalized spacial score (nSPS) is 7.08. The molecule has 0 aromatic carbocycles. The Kier molecular flexibility index (Phi) is 19.9. The Bertz CT molecular complexity index is 135. The van der Waals surface area contributed by atoms with Crippen LogP contribution in [-0.4, -0.2) is 18.4 Å². The van der Waals surface area contributed by atoms with E-state index in [1.807, 2.05) is 13.8 Å². The topological polar surface area (TPSA) is 43.4 Å². The van der Waals surface area contributed by atoms with Crippen molar-refractivity contribution >= 4 is 11.8 Å². The third-order valence-electron chi connectivity index (χ3n) is 0.812. The summed E-state index contributed by atoms with van der Waals surface area (Å²) in [6, 6.07) is 0. The van der Waals surface area contributed by atoms with E-state index < -0.39 is 5.97 Å². The molecule has 3 nitrogen and oxygen atoms in total. The molecule has 0 bridgehead atoms. The molecule has 77 valence electrons. The Labute approximate surface area is 90.7 Å². The van der Waals surface area contributed by atoms with Gasteiger partial charge in [0.25, 0.3) is 0 Å². The second-order valence-electron chi connectivity index (χ2n) is 1.61. The number of carbonyl (C=O) groups excluding carboxylic acids is 2. The van der Waals surface area contributed by atoms with Crippen LogP contribution in [0, 0.1) is 13.3 Å². The van der Waals surface area contributed by atoms with Gasteiger partial charge in [-0.15, -0.1) is 0 Å². The molecule has 0 spiro atoms. The first-order valence-corrected chi connectivity index (χ1v) is 4.04. The summed E-state index contributed by atoms with van der Waals surface area (Å²) < 4.78 is 4.47. The van der Waals surface area contributed by atoms with Crippen LogP contribution in [0.5, 0.6) is 0 Å². The second kappa shape index (κ2) is 14.1. The van der Waals surface area contributed by atoms with Crippen LogP contribution in [0.15, 0.2) is 0 Å². The van der Waals surface area contributed by atoms with Gasteiger partial charge in [-0.2, -0.15) is 6.42 Å². The van der Waals surface area contributed by atoms with E-state index in [0.717, 1.165) is 6.42 Å². The maximum Gasteiger partial charge on any atom is 2.00 e. The third-order valence-corrected chi connectivity index (χ3v) is 0.812. The number of hydrogen-bond donors (Lipinski definition) is 0. The number of ketones is 1. The zero-order chi connectivity index (χ0) is 9.98. The van der Waals surface area contributed by atoms with Crippen molar-refractivity contribution in [3.63, 3.8) is 0 Å². The van der Waals surface area contributed by atoms with Crippen molar-refractivity contribution < 1.29 is 31.4 Å². The Hall–Kier alpha value is -0.471. The maximum absolute atomic E-state index is 10.5. The van der Waals surface area contributed by atoms with E-state index in [4.69, 9.17) is 0 Å². The zero-order valence-corrected chi connectivity index (χ0v) is 9.48. The third kappa shape index (κ3) is 14.4. The van der Waals surface area contributed by atoms with Crippen molar-refractivity contribution in [2.45, 2.75) is 27.2 Å². The van der Waals surface area contributed by atoms with Crippen molar-refractivity contribution in [3.05, 3.63) is 13.3 Å². The molecule has 0 unspecified atom stereocenters. The first-order valence-electron chi connectivity index (χ1n) is 4.04. The van der Waals surface area contributed by atoms with Crippen molar-refractivity contribution in [1.82, 2.24) is 0 Å². The Morgan fingerprint density at radius 3 is 2.15 bits per heavy atom. The quantitative estimate of drug-likeness (QED) is 0.317. The van der Waals surface area contributed by atoms with Crippen molar-refractivity contribution in [1.29, 1.82) is 0 Å². The van der Waals surface area contributed by atoms with Gasteiger partial charge in [0.15, 0.2) is 5.97 Å². The van der Waals surface area contributed by atoms with Crippen molar-refractivity contribution in [3.8, 4) is 0 Å². The average Bonchev–Trinajstić information content (AvgIpc) is 2.08. The molecule has 4 heteroatoms. The summed E-state index contributed by atoms with van der Waals surface area (Å²) in [6.45, 7) is 9.28. The van der Waals surface area contributed by atoms with Gasteiger partial charge in [0.1, 0.15) is 0 Å². The van der Waals surface area contributed by atoms with E-state index >= 15 is 0 Å². The molecule has 0 aliphatic rings. The van der Waals surface area contributed by atoms with Gasteiger partial charge in [-0.05, 0) is 12.7 Å². The molecular formula is C9H16MnO3. The van der Waals surface area contributed by atoms with Gasteiger partial charge in [-0.1, -0.05) is 13.8 Å². The predicted octanol–water partition coefficient (Wildman–Crippen LogP) is 1.57. The number of Topliss-reactive ketones (excluding diaryl/α,β-unsaturated/α-hetero) is 1. The SMILES string of the molecule is CC.[CH2-]CC(=O)[CH-]C(=O)OCC.[Mn+2]. The summed E-state index contributed by atoms with van der Waals surface area (Å²) in [5.41, 5.74) is 0. The minimum Gasteiger partial charge on any atom is -0.488 e. The van der Waals surface area contributed by atoms with Crippen LogP contribution in [0.1, 0.15) is 27.2 Å². The molecule has 0 rings (SSSR count). The van der Waals surface area contributed by atoms with E-state index in [9.17, 15) is 9.59 Å². The van der Waals surface area contributed by atoms with E-state index in [1.54, 1.807) is 6.92 Å². The van der Waals surface area contributed by atoms with Crippen LogP contribution in [0.25, 0.3) is 0 Å². The predicted molar refractivity (Wildman–Crippen MR) is 47.3 cm³/mol. The first-order chi connectivity index (χ1) is 5.70. The fraction of sp³-hybridized carbons (Fsp3) is 0.556. The Balaban J connectivity index is -0.000000309. The second-order valence-corrected chi connectivity index (χ2v) is 1.61. The minimum absolute atomic E-state index is 0. The van der Waals surface area contributed by atoms with Crippen LogP contribution in [0.2, 0.25) is 0 Å². The van der Waals surface area contributed by atoms with Crippen LogP contribution in [0.3, 0.4) is 0 Å². The number of rotatable bonds is 4. The van der Waals surface area contributed by atoms with Gasteiger partial charge >= 0.3 is 17.1 Å². The molecule has 0 amide bonds. The fourth-order valence-electron chi connectivity index (χ4n) is 0.388. The van der Waals surface area contributed by atoms with Crippen LogP contribution in [0.4, 0.5) is 0 Å². The summed E-state index contributed by atoms with van der Waals surface area (Å²) in [6.07, 6.45) is 1.01. The molecule has 0 atom stereocenters. The Morgan fingerprint density at radius 2 is 1.85 bits per heavy atom. The van der Waals surface area contributed by atoms with Gasteiger partial charge in [0.05, 0.1) is 6.61 Å². The summed E-state index contributed by atoms with van der Waals surface area (Å²) >= 11 is 0. The standard InChI is InChI=1S/C7H10O3.C2H6.Mn/c1-3-6(8)5-7(9)10-4-2;1-2;/h5H,1,3-4H2,2H3;1-2H3;/q-2;;+2. The van der Waals surface area contributed by atoms with Gasteiger partial charge in [0.2, 0.25) is 0 Å². The van der Waals surface area contributed by atoms with Gasteiger partial charge in [-0.25, -0.2) is 6.42 Å². The summed E-state index contributed by atoms with van der Waals surface area (Å²) in [7, 11) is 0. The van der Waals surface area contributed by atoms with E-state index in [-0.39, 0.29) is 29.3 Å². The molecule has 0 aromatic rings. The number of ether oxygens (including phenoxy) is 1. The van der Waals surface area contributed by atoms with Crippen LogP contribution >= 0.6 is 0 Å². The molecule has 0 aliphatic carbocycles. The average molecular weight is 227 g/mol. The van der Waals surface area contributed by atoms with Crippen LogP contribution in [-0.2, 0) is 31.4 Å². The number of hydrogen-bond acceptors (Lipinski definition) is 3. The molecule has 0 aliphatic heterocycles. The molecule has 0 N–H and O–H groups in total. The first kappa shape index (κ1) is 18.3. The maximum atomic E-state index is 10.5. The smallest absolute Gasteiger partial charge is 0.488 e. The van der Waals surface area contributed by atoms with E-state index in [1.165, 1.54) is 0 Å². The molecule has 13 heavy (non-hydrogen) atoms. The summed E-state index contributed by atoms with van der Waals surface area (Å²) in [5, 5.41) is 0. The number of esters is 1. The van der Waals surface area contributed by atoms with Crippen molar-refractivity contribution in [2.75, 3.05) is 6.61 Å². The summed E-state index contributed by atoms with van der Waals surface area (Å²) in [5.74, 6) is -0.894. The van der Waals surface area contributed by atoms with Crippen molar-refractivity contribution in [2.24, 2.45) is 0 Å². The monoisotopic (exact) mass is 227 g/mol. The molecule has 1 radical (unpaired) electrons. The molecule has 0 saturated heterocycles. The number of carbonyl (C=O) groups is 2. The molecular weight excluding hydrogens is 211 g/mol. The molecule has 0 aromatic heterocycles. The van der Waals surface area contributed by atoms with Gasteiger partial charge in [0, 0.05) is 0 Å². The van der Waals surface area contributed by atoms with Gasteiger partial charge < -0.3 is 16.5 Å². The van der Waals surface area contributed by atoms with E-state index in [0.29, 0.717) is 6.61 Å². The molecule has 0 heterocycles. The fourth-order valence-corrected chi connectivity index (χ4v) is 0.388. The zero-order valence-electron chi connectivity index (χ0n) is 8.30. The minimum atomic E-state index is -0.587.